The summed E-state index contributed by atoms with van der Waals surface area (Å²) in [7, 11) is 0. The van der Waals surface area contributed by atoms with E-state index in [4.69, 9.17) is 5.11 Å². The minimum Gasteiger partial charge on any atom is -0.394 e. The summed E-state index contributed by atoms with van der Waals surface area (Å²) in [5.41, 5.74) is -8.29. The lowest BCUT2D eigenvalue weighted by Crippen LogP contribution is -2.74. The molecule has 0 bridgehead atoms. The average molecular weight is 252 g/mol. The van der Waals surface area contributed by atoms with Gasteiger partial charge in [0.15, 0.2) is 0 Å². The zero-order valence-electron chi connectivity index (χ0n) is 11.0. The molecule has 0 aromatic carbocycles. The van der Waals surface area contributed by atoms with Gasteiger partial charge in [-0.1, -0.05) is 0 Å². The Morgan fingerprint density at radius 1 is 0.824 bits per heavy atom. The van der Waals surface area contributed by atoms with Gasteiger partial charge < -0.3 is 30.6 Å². The highest BCUT2D eigenvalue weighted by molar-refractivity contribution is 5.13. The van der Waals surface area contributed by atoms with Crippen molar-refractivity contribution in [3.63, 3.8) is 0 Å². The lowest BCUT2D eigenvalue weighted by Gasteiger charge is -2.53. The summed E-state index contributed by atoms with van der Waals surface area (Å²) < 4.78 is 0. The first-order valence-corrected chi connectivity index (χ1v) is 5.42. The van der Waals surface area contributed by atoms with Crippen molar-refractivity contribution in [1.29, 1.82) is 0 Å². The van der Waals surface area contributed by atoms with E-state index < -0.39 is 35.1 Å². The third-order valence-corrected chi connectivity index (χ3v) is 3.95. The summed E-state index contributed by atoms with van der Waals surface area (Å²) in [6.07, 6.45) is -1.66. The zero-order valence-corrected chi connectivity index (χ0v) is 11.0. The monoisotopic (exact) mass is 252 g/mol. The van der Waals surface area contributed by atoms with Crippen molar-refractivity contribution in [2.45, 2.75) is 63.1 Å². The summed E-state index contributed by atoms with van der Waals surface area (Å²) >= 11 is 0. The van der Waals surface area contributed by atoms with Crippen molar-refractivity contribution >= 4 is 0 Å². The van der Waals surface area contributed by atoms with Crippen molar-refractivity contribution in [3.8, 4) is 0 Å². The number of hydrogen-bond acceptors (Lipinski definition) is 6. The summed E-state index contributed by atoms with van der Waals surface area (Å²) in [5.74, 6) is 0. The molecule has 0 aliphatic carbocycles. The Balaban J connectivity index is 5.55. The molecule has 0 fully saturated rings. The van der Waals surface area contributed by atoms with Gasteiger partial charge in [-0.2, -0.15) is 0 Å². The molecule has 6 heteroatoms. The van der Waals surface area contributed by atoms with Gasteiger partial charge in [-0.05, 0) is 34.6 Å². The molecule has 104 valence electrons. The third-order valence-electron chi connectivity index (χ3n) is 3.95. The van der Waals surface area contributed by atoms with E-state index >= 15 is 0 Å². The number of aliphatic hydroxyl groups excluding tert-OH is 2. The maximum absolute atomic E-state index is 10.3. The molecule has 0 aliphatic rings. The first kappa shape index (κ1) is 16.8. The fraction of sp³-hybridized carbons (Fsp3) is 1.00. The largest absolute Gasteiger partial charge is 0.394 e. The topological polar surface area (TPSA) is 121 Å². The Morgan fingerprint density at radius 2 is 1.18 bits per heavy atom. The summed E-state index contributed by atoms with van der Waals surface area (Å²) in [6.45, 7) is 5.06. The Kier molecular flexibility index (Phi) is 4.39. The van der Waals surface area contributed by atoms with E-state index in [9.17, 15) is 25.5 Å². The molecule has 6 nitrogen and oxygen atoms in total. The Morgan fingerprint density at radius 3 is 1.41 bits per heavy atom. The second-order valence-corrected chi connectivity index (χ2v) is 5.55. The van der Waals surface area contributed by atoms with Crippen molar-refractivity contribution in [3.05, 3.63) is 0 Å². The molecule has 0 amide bonds. The number of aliphatic hydroxyl groups is 6. The highest BCUT2D eigenvalue weighted by atomic mass is 16.4. The SMILES string of the molecule is CC(C)(O)[C@@](C)(O)[C@@](C)(O)[C@](C)(O)[C@H](O)CO. The summed E-state index contributed by atoms with van der Waals surface area (Å²) in [6, 6.07) is 0. The summed E-state index contributed by atoms with van der Waals surface area (Å²) in [4.78, 5) is 0. The van der Waals surface area contributed by atoms with Gasteiger partial charge in [0.1, 0.15) is 22.9 Å². The quantitative estimate of drug-likeness (QED) is 0.349. The minimum atomic E-state index is -2.25. The van der Waals surface area contributed by atoms with E-state index in [-0.39, 0.29) is 0 Å². The van der Waals surface area contributed by atoms with Crippen molar-refractivity contribution in [2.24, 2.45) is 0 Å². The molecule has 0 spiro atoms. The maximum atomic E-state index is 10.3. The molecule has 0 aromatic heterocycles. The molecule has 4 atom stereocenters. The highest BCUT2D eigenvalue weighted by Crippen LogP contribution is 2.40. The van der Waals surface area contributed by atoms with E-state index in [1.54, 1.807) is 0 Å². The molecule has 0 radical (unpaired) electrons. The normalized spacial score (nSPS) is 25.6. The van der Waals surface area contributed by atoms with Gasteiger partial charge in [-0.25, -0.2) is 0 Å². The van der Waals surface area contributed by atoms with Crippen LogP contribution in [-0.2, 0) is 0 Å². The molecule has 0 heterocycles. The molecule has 0 aromatic rings. The first-order chi connectivity index (χ1) is 7.23. The van der Waals surface area contributed by atoms with Crippen LogP contribution in [0.5, 0.6) is 0 Å². The van der Waals surface area contributed by atoms with Crippen LogP contribution in [0.1, 0.15) is 34.6 Å². The fourth-order valence-corrected chi connectivity index (χ4v) is 1.59. The predicted molar refractivity (Wildman–Crippen MR) is 61.3 cm³/mol. The Hall–Kier alpha value is -0.240. The smallest absolute Gasteiger partial charge is 0.124 e. The van der Waals surface area contributed by atoms with Gasteiger partial charge in [0.2, 0.25) is 0 Å². The maximum Gasteiger partial charge on any atom is 0.124 e. The second-order valence-electron chi connectivity index (χ2n) is 5.55. The molecule has 0 rings (SSSR count). The molecule has 0 unspecified atom stereocenters. The van der Waals surface area contributed by atoms with Crippen LogP contribution in [0.3, 0.4) is 0 Å². The Labute approximate surface area is 101 Å². The molecular formula is C11H24O6. The van der Waals surface area contributed by atoms with Crippen LogP contribution in [0, 0.1) is 0 Å². The van der Waals surface area contributed by atoms with Crippen LogP contribution in [0.2, 0.25) is 0 Å². The van der Waals surface area contributed by atoms with Gasteiger partial charge >= 0.3 is 0 Å². The molecular weight excluding hydrogens is 228 g/mol. The lowest BCUT2D eigenvalue weighted by molar-refractivity contribution is -0.296. The van der Waals surface area contributed by atoms with E-state index in [1.807, 2.05) is 0 Å². The van der Waals surface area contributed by atoms with Crippen LogP contribution in [0.4, 0.5) is 0 Å². The van der Waals surface area contributed by atoms with Crippen LogP contribution in [0.15, 0.2) is 0 Å². The van der Waals surface area contributed by atoms with Gasteiger partial charge in [0, 0.05) is 0 Å². The highest BCUT2D eigenvalue weighted by Gasteiger charge is 2.62. The van der Waals surface area contributed by atoms with Crippen LogP contribution in [-0.4, -0.2) is 65.8 Å². The van der Waals surface area contributed by atoms with Crippen molar-refractivity contribution in [1.82, 2.24) is 0 Å². The van der Waals surface area contributed by atoms with Gasteiger partial charge in [0.05, 0.1) is 12.2 Å². The standard InChI is InChI=1S/C11H24O6/c1-8(2,14)10(4,16)11(5,17)9(3,15)7(13)6-12/h7,12-17H,6H2,1-5H3/t7-,9-,10-,11+/m1/s1. The second kappa shape index (κ2) is 4.46. The van der Waals surface area contributed by atoms with E-state index in [0.717, 1.165) is 20.8 Å². The van der Waals surface area contributed by atoms with Crippen LogP contribution in [0.25, 0.3) is 0 Å². The van der Waals surface area contributed by atoms with Gasteiger partial charge in [-0.15, -0.1) is 0 Å². The van der Waals surface area contributed by atoms with E-state index in [2.05, 4.69) is 0 Å². The Bertz CT molecular complexity index is 264. The minimum absolute atomic E-state index is 0.787. The van der Waals surface area contributed by atoms with Crippen LogP contribution < -0.4 is 0 Å². The van der Waals surface area contributed by atoms with E-state index in [0.29, 0.717) is 0 Å². The van der Waals surface area contributed by atoms with E-state index in [1.165, 1.54) is 13.8 Å². The average Bonchev–Trinajstić information content (AvgIpc) is 2.13. The summed E-state index contributed by atoms with van der Waals surface area (Å²) in [5, 5.41) is 58.7. The van der Waals surface area contributed by atoms with Crippen LogP contribution >= 0.6 is 0 Å². The predicted octanol–water partition coefficient (Wildman–Crippen LogP) is -1.64. The van der Waals surface area contributed by atoms with Crippen molar-refractivity contribution < 1.29 is 30.6 Å². The lowest BCUT2D eigenvalue weighted by atomic mass is 9.65. The number of hydrogen-bond donors (Lipinski definition) is 6. The van der Waals surface area contributed by atoms with Gasteiger partial charge in [0.25, 0.3) is 0 Å². The molecule has 6 N–H and O–H groups in total. The van der Waals surface area contributed by atoms with Crippen molar-refractivity contribution in [2.75, 3.05) is 6.61 Å². The first-order valence-electron chi connectivity index (χ1n) is 5.42. The fourth-order valence-electron chi connectivity index (χ4n) is 1.59. The molecule has 0 aliphatic heterocycles. The zero-order chi connectivity index (χ0) is 14.3. The molecule has 0 saturated heterocycles. The molecule has 17 heavy (non-hydrogen) atoms. The number of rotatable bonds is 5. The third kappa shape index (κ3) is 2.47. The van der Waals surface area contributed by atoms with Gasteiger partial charge in [-0.3, -0.25) is 0 Å². The molecule has 0 saturated carbocycles.